The van der Waals surface area contributed by atoms with Gasteiger partial charge in [0.2, 0.25) is 0 Å². The standard InChI is InChI=1S/C17H22N2O2/c1-10-7-13-9-16(21-15(13)8-11(10)2)17(20)19-14-5-4-6-18-12(14)3/h7-9,12,14,18H,4-6H2,1-3H3,(H,19,20). The van der Waals surface area contributed by atoms with E-state index in [1.807, 2.05) is 19.1 Å². The van der Waals surface area contributed by atoms with E-state index >= 15 is 0 Å². The molecule has 1 aliphatic rings. The van der Waals surface area contributed by atoms with E-state index in [0.29, 0.717) is 11.8 Å². The van der Waals surface area contributed by atoms with Crippen LogP contribution in [0.3, 0.4) is 0 Å². The average Bonchev–Trinajstić information content (AvgIpc) is 2.85. The van der Waals surface area contributed by atoms with Gasteiger partial charge in [-0.05, 0) is 69.5 Å². The number of hydrogen-bond acceptors (Lipinski definition) is 3. The van der Waals surface area contributed by atoms with Crippen molar-refractivity contribution >= 4 is 16.9 Å². The lowest BCUT2D eigenvalue weighted by Gasteiger charge is -2.30. The number of benzene rings is 1. The van der Waals surface area contributed by atoms with Crippen LogP contribution < -0.4 is 10.6 Å². The lowest BCUT2D eigenvalue weighted by atomic mass is 10.00. The molecule has 1 fully saturated rings. The lowest BCUT2D eigenvalue weighted by Crippen LogP contribution is -2.51. The molecule has 4 heteroatoms. The average molecular weight is 286 g/mol. The number of fused-ring (bicyclic) bond motifs is 1. The Morgan fingerprint density at radius 3 is 2.81 bits per heavy atom. The van der Waals surface area contributed by atoms with Gasteiger partial charge in [-0.3, -0.25) is 4.79 Å². The molecule has 0 aliphatic carbocycles. The number of hydrogen-bond donors (Lipinski definition) is 2. The number of carbonyl (C=O) groups is 1. The minimum atomic E-state index is -0.123. The molecule has 0 saturated carbocycles. The molecule has 1 aliphatic heterocycles. The Kier molecular flexibility index (Phi) is 3.72. The highest BCUT2D eigenvalue weighted by molar-refractivity contribution is 5.96. The summed E-state index contributed by atoms with van der Waals surface area (Å²) in [5.74, 6) is 0.273. The van der Waals surface area contributed by atoms with Gasteiger partial charge in [-0.15, -0.1) is 0 Å². The van der Waals surface area contributed by atoms with Gasteiger partial charge in [0.05, 0.1) is 0 Å². The van der Waals surface area contributed by atoms with E-state index in [0.717, 1.165) is 30.4 Å². The number of nitrogens with one attached hydrogen (secondary N) is 2. The van der Waals surface area contributed by atoms with E-state index in [2.05, 4.69) is 30.5 Å². The van der Waals surface area contributed by atoms with E-state index in [-0.39, 0.29) is 11.9 Å². The van der Waals surface area contributed by atoms with Crippen LogP contribution in [-0.2, 0) is 0 Å². The number of piperidine rings is 1. The second-order valence-electron chi connectivity index (χ2n) is 6.05. The Balaban J connectivity index is 1.81. The molecule has 21 heavy (non-hydrogen) atoms. The predicted molar refractivity (Wildman–Crippen MR) is 83.6 cm³/mol. The summed E-state index contributed by atoms with van der Waals surface area (Å²) in [7, 11) is 0. The summed E-state index contributed by atoms with van der Waals surface area (Å²) < 4.78 is 5.71. The Labute approximate surface area is 124 Å². The van der Waals surface area contributed by atoms with Crippen LogP contribution in [-0.4, -0.2) is 24.5 Å². The van der Waals surface area contributed by atoms with E-state index < -0.39 is 0 Å². The van der Waals surface area contributed by atoms with Crippen LogP contribution in [0.4, 0.5) is 0 Å². The second kappa shape index (κ2) is 5.53. The first kappa shape index (κ1) is 14.1. The molecular weight excluding hydrogens is 264 g/mol. The Bertz CT molecular complexity index is 636. The van der Waals surface area contributed by atoms with Gasteiger partial charge < -0.3 is 15.1 Å². The molecule has 2 atom stereocenters. The van der Waals surface area contributed by atoms with Gasteiger partial charge in [-0.1, -0.05) is 0 Å². The van der Waals surface area contributed by atoms with Crippen LogP contribution in [0, 0.1) is 13.8 Å². The molecule has 2 N–H and O–H groups in total. The molecule has 2 heterocycles. The first-order valence-electron chi connectivity index (χ1n) is 7.59. The molecule has 3 rings (SSSR count). The Hall–Kier alpha value is -1.81. The molecule has 112 valence electrons. The Morgan fingerprint density at radius 1 is 1.29 bits per heavy atom. The van der Waals surface area contributed by atoms with Crippen LogP contribution >= 0.6 is 0 Å². The van der Waals surface area contributed by atoms with E-state index in [1.54, 1.807) is 0 Å². The van der Waals surface area contributed by atoms with Gasteiger partial charge in [0, 0.05) is 17.5 Å². The van der Waals surface area contributed by atoms with Crippen molar-refractivity contribution in [2.24, 2.45) is 0 Å². The zero-order valence-electron chi connectivity index (χ0n) is 12.8. The van der Waals surface area contributed by atoms with Crippen molar-refractivity contribution in [1.82, 2.24) is 10.6 Å². The third-order valence-electron chi connectivity index (χ3n) is 4.43. The highest BCUT2D eigenvalue weighted by Gasteiger charge is 2.24. The molecule has 2 aromatic rings. The molecule has 2 unspecified atom stereocenters. The van der Waals surface area contributed by atoms with Crippen molar-refractivity contribution < 1.29 is 9.21 Å². The van der Waals surface area contributed by atoms with Gasteiger partial charge >= 0.3 is 0 Å². The summed E-state index contributed by atoms with van der Waals surface area (Å²) in [6.07, 6.45) is 2.10. The van der Waals surface area contributed by atoms with E-state index in [4.69, 9.17) is 4.42 Å². The lowest BCUT2D eigenvalue weighted by molar-refractivity contribution is 0.0894. The molecule has 1 amide bonds. The normalized spacial score (nSPS) is 22.4. The van der Waals surface area contributed by atoms with Crippen molar-refractivity contribution in [3.63, 3.8) is 0 Å². The van der Waals surface area contributed by atoms with Crippen molar-refractivity contribution in [3.05, 3.63) is 35.1 Å². The highest BCUT2D eigenvalue weighted by atomic mass is 16.3. The Morgan fingerprint density at radius 2 is 2.05 bits per heavy atom. The molecule has 1 saturated heterocycles. The minimum Gasteiger partial charge on any atom is -0.451 e. The maximum atomic E-state index is 12.4. The van der Waals surface area contributed by atoms with Crippen LogP contribution in [0.2, 0.25) is 0 Å². The summed E-state index contributed by atoms with van der Waals surface area (Å²) in [4.78, 5) is 12.4. The predicted octanol–water partition coefficient (Wildman–Crippen LogP) is 2.92. The quantitative estimate of drug-likeness (QED) is 0.892. The third-order valence-corrected chi connectivity index (χ3v) is 4.43. The monoisotopic (exact) mass is 286 g/mol. The topological polar surface area (TPSA) is 54.3 Å². The molecule has 1 aromatic carbocycles. The zero-order chi connectivity index (χ0) is 15.0. The fourth-order valence-corrected chi connectivity index (χ4v) is 2.89. The van der Waals surface area contributed by atoms with Crippen LogP contribution in [0.1, 0.15) is 41.4 Å². The highest BCUT2D eigenvalue weighted by Crippen LogP contribution is 2.23. The molecule has 0 spiro atoms. The van der Waals surface area contributed by atoms with Crippen molar-refractivity contribution in [3.8, 4) is 0 Å². The van der Waals surface area contributed by atoms with Crippen molar-refractivity contribution in [1.29, 1.82) is 0 Å². The van der Waals surface area contributed by atoms with Crippen LogP contribution in [0.5, 0.6) is 0 Å². The summed E-state index contributed by atoms with van der Waals surface area (Å²) in [5.41, 5.74) is 3.16. The smallest absolute Gasteiger partial charge is 0.287 e. The summed E-state index contributed by atoms with van der Waals surface area (Å²) in [6.45, 7) is 7.25. The first-order valence-corrected chi connectivity index (χ1v) is 7.59. The third kappa shape index (κ3) is 2.81. The van der Waals surface area contributed by atoms with Gasteiger partial charge in [-0.2, -0.15) is 0 Å². The first-order chi connectivity index (χ1) is 10.0. The van der Waals surface area contributed by atoms with Gasteiger partial charge in [0.15, 0.2) is 5.76 Å². The molecule has 0 bridgehead atoms. The van der Waals surface area contributed by atoms with Gasteiger partial charge in [0.1, 0.15) is 5.58 Å². The molecular formula is C17H22N2O2. The summed E-state index contributed by atoms with van der Waals surface area (Å²) in [5, 5.41) is 7.45. The largest absolute Gasteiger partial charge is 0.451 e. The number of amides is 1. The van der Waals surface area contributed by atoms with Crippen molar-refractivity contribution in [2.75, 3.05) is 6.54 Å². The second-order valence-corrected chi connectivity index (χ2v) is 6.05. The molecule has 0 radical (unpaired) electrons. The maximum absolute atomic E-state index is 12.4. The number of carbonyl (C=O) groups excluding carboxylic acids is 1. The van der Waals surface area contributed by atoms with Gasteiger partial charge in [-0.25, -0.2) is 0 Å². The van der Waals surface area contributed by atoms with Crippen LogP contribution in [0.15, 0.2) is 22.6 Å². The fourth-order valence-electron chi connectivity index (χ4n) is 2.89. The van der Waals surface area contributed by atoms with E-state index in [1.165, 1.54) is 11.1 Å². The minimum absolute atomic E-state index is 0.123. The summed E-state index contributed by atoms with van der Waals surface area (Å²) in [6, 6.07) is 6.36. The number of rotatable bonds is 2. The molecule has 1 aromatic heterocycles. The zero-order valence-corrected chi connectivity index (χ0v) is 12.8. The fraction of sp³-hybridized carbons (Fsp3) is 0.471. The van der Waals surface area contributed by atoms with E-state index in [9.17, 15) is 4.79 Å². The number of furan rings is 1. The SMILES string of the molecule is Cc1cc2cc(C(=O)NC3CCCNC3C)oc2cc1C. The maximum Gasteiger partial charge on any atom is 0.287 e. The van der Waals surface area contributed by atoms with Crippen LogP contribution in [0.25, 0.3) is 11.0 Å². The summed E-state index contributed by atoms with van der Waals surface area (Å²) >= 11 is 0. The van der Waals surface area contributed by atoms with Gasteiger partial charge in [0.25, 0.3) is 5.91 Å². The molecule has 4 nitrogen and oxygen atoms in total. The number of aryl methyl sites for hydroxylation is 2. The van der Waals surface area contributed by atoms with Crippen molar-refractivity contribution in [2.45, 2.75) is 45.7 Å².